The average Bonchev–Trinajstić information content (AvgIpc) is 2.71. The Balaban J connectivity index is 2.01. The Labute approximate surface area is 97.1 Å². The maximum absolute atomic E-state index is 13.1. The first kappa shape index (κ1) is 11.4. The molecule has 0 bridgehead atoms. The van der Waals surface area contributed by atoms with Crippen LogP contribution in [-0.4, -0.2) is 6.04 Å². The van der Waals surface area contributed by atoms with Crippen LogP contribution < -0.4 is 5.32 Å². The molecule has 1 fully saturated rings. The Bertz CT molecular complexity index is 362. The lowest BCUT2D eigenvalue weighted by atomic mass is 10.1. The molecular formula is C14H20FN. The van der Waals surface area contributed by atoms with Gasteiger partial charge in [-0.05, 0) is 49.8 Å². The zero-order valence-electron chi connectivity index (χ0n) is 10.1. The van der Waals surface area contributed by atoms with Crippen molar-refractivity contribution in [3.8, 4) is 0 Å². The lowest BCUT2D eigenvalue weighted by molar-refractivity contribution is 0.525. The molecule has 0 heterocycles. The smallest absolute Gasteiger partial charge is 0.125 e. The van der Waals surface area contributed by atoms with Gasteiger partial charge in [-0.3, -0.25) is 0 Å². The van der Waals surface area contributed by atoms with E-state index >= 15 is 0 Å². The summed E-state index contributed by atoms with van der Waals surface area (Å²) in [4.78, 5) is 0. The molecule has 0 amide bonds. The highest BCUT2D eigenvalue weighted by atomic mass is 19.1. The molecule has 1 aliphatic carbocycles. The summed E-state index contributed by atoms with van der Waals surface area (Å²) in [7, 11) is 0. The lowest BCUT2D eigenvalue weighted by Crippen LogP contribution is -2.16. The third-order valence-corrected chi connectivity index (χ3v) is 3.68. The summed E-state index contributed by atoms with van der Waals surface area (Å²) < 4.78 is 13.1. The van der Waals surface area contributed by atoms with Gasteiger partial charge in [0.1, 0.15) is 5.82 Å². The van der Waals surface area contributed by atoms with Gasteiger partial charge < -0.3 is 5.32 Å². The molecule has 88 valence electrons. The molecule has 1 aliphatic rings. The van der Waals surface area contributed by atoms with Gasteiger partial charge in [0.15, 0.2) is 0 Å². The van der Waals surface area contributed by atoms with Crippen molar-refractivity contribution in [2.45, 2.75) is 45.6 Å². The predicted octanol–water partition coefficient (Wildman–Crippen LogP) is 4.12. The van der Waals surface area contributed by atoms with Crippen molar-refractivity contribution in [2.24, 2.45) is 5.92 Å². The molecule has 2 heteroatoms. The zero-order chi connectivity index (χ0) is 11.5. The molecule has 2 atom stereocenters. The molecule has 0 saturated heterocycles. The van der Waals surface area contributed by atoms with Gasteiger partial charge in [-0.25, -0.2) is 4.39 Å². The van der Waals surface area contributed by atoms with Gasteiger partial charge in [-0.2, -0.15) is 0 Å². The molecule has 2 rings (SSSR count). The van der Waals surface area contributed by atoms with Crippen LogP contribution in [0.3, 0.4) is 0 Å². The minimum atomic E-state index is -0.155. The fourth-order valence-corrected chi connectivity index (χ4v) is 2.55. The molecule has 1 N–H and O–H groups in total. The fraction of sp³-hybridized carbons (Fsp3) is 0.571. The largest absolute Gasteiger partial charge is 0.382 e. The number of rotatable bonds is 3. The summed E-state index contributed by atoms with van der Waals surface area (Å²) in [6, 6.07) is 5.49. The third-order valence-electron chi connectivity index (χ3n) is 3.68. The molecule has 1 aromatic carbocycles. The van der Waals surface area contributed by atoms with E-state index in [2.05, 4.69) is 12.2 Å². The highest BCUT2D eigenvalue weighted by molar-refractivity contribution is 5.51. The van der Waals surface area contributed by atoms with Crippen LogP contribution in [-0.2, 0) is 0 Å². The second kappa shape index (κ2) is 4.86. The highest BCUT2D eigenvalue weighted by Gasteiger charge is 2.23. The molecule has 0 aliphatic heterocycles. The molecule has 1 nitrogen and oxygen atoms in total. The summed E-state index contributed by atoms with van der Waals surface area (Å²) in [5.74, 6) is 0.699. The zero-order valence-corrected chi connectivity index (χ0v) is 10.1. The number of halogens is 1. The van der Waals surface area contributed by atoms with Gasteiger partial charge in [0.05, 0.1) is 0 Å². The topological polar surface area (TPSA) is 12.0 Å². The molecule has 2 unspecified atom stereocenters. The van der Waals surface area contributed by atoms with Crippen LogP contribution in [0.1, 0.15) is 38.2 Å². The van der Waals surface area contributed by atoms with Crippen molar-refractivity contribution < 1.29 is 4.39 Å². The number of hydrogen-bond acceptors (Lipinski definition) is 1. The van der Waals surface area contributed by atoms with Gasteiger partial charge in [0.25, 0.3) is 0 Å². The van der Waals surface area contributed by atoms with Gasteiger partial charge in [-0.15, -0.1) is 0 Å². The van der Waals surface area contributed by atoms with Crippen molar-refractivity contribution in [2.75, 3.05) is 5.32 Å². The summed E-state index contributed by atoms with van der Waals surface area (Å²) in [6.45, 7) is 4.27. The van der Waals surface area contributed by atoms with Crippen LogP contribution in [0.4, 0.5) is 10.1 Å². The van der Waals surface area contributed by atoms with E-state index in [0.29, 0.717) is 6.04 Å². The number of benzene rings is 1. The summed E-state index contributed by atoms with van der Waals surface area (Å²) in [5, 5.41) is 3.47. The van der Waals surface area contributed by atoms with E-state index in [1.54, 1.807) is 6.07 Å². The second-order valence-electron chi connectivity index (χ2n) is 4.89. The van der Waals surface area contributed by atoms with Gasteiger partial charge in [0, 0.05) is 11.7 Å². The number of anilines is 1. The van der Waals surface area contributed by atoms with E-state index in [9.17, 15) is 4.39 Å². The quantitative estimate of drug-likeness (QED) is 0.809. The molecule has 1 aromatic rings. The number of aryl methyl sites for hydroxylation is 1. The molecule has 0 spiro atoms. The maximum atomic E-state index is 13.1. The van der Waals surface area contributed by atoms with E-state index in [-0.39, 0.29) is 5.82 Å². The van der Waals surface area contributed by atoms with Crippen molar-refractivity contribution in [1.29, 1.82) is 0 Å². The normalized spacial score (nSPS) is 24.7. The molecule has 1 saturated carbocycles. The highest BCUT2D eigenvalue weighted by Crippen LogP contribution is 2.30. The molecule has 0 radical (unpaired) electrons. The minimum Gasteiger partial charge on any atom is -0.382 e. The van der Waals surface area contributed by atoms with Crippen LogP contribution in [0.25, 0.3) is 0 Å². The van der Waals surface area contributed by atoms with Crippen molar-refractivity contribution in [3.63, 3.8) is 0 Å². The van der Waals surface area contributed by atoms with Crippen molar-refractivity contribution in [3.05, 3.63) is 29.6 Å². The predicted molar refractivity (Wildman–Crippen MR) is 66.2 cm³/mol. The van der Waals surface area contributed by atoms with E-state index in [1.165, 1.54) is 31.7 Å². The van der Waals surface area contributed by atoms with E-state index < -0.39 is 0 Å². The minimum absolute atomic E-state index is 0.155. The second-order valence-corrected chi connectivity index (χ2v) is 4.89. The molecular weight excluding hydrogens is 201 g/mol. The van der Waals surface area contributed by atoms with E-state index in [0.717, 1.165) is 17.2 Å². The number of nitrogens with one attached hydrogen (secondary N) is 1. The fourth-order valence-electron chi connectivity index (χ4n) is 2.55. The number of hydrogen-bond donors (Lipinski definition) is 1. The van der Waals surface area contributed by atoms with Crippen molar-refractivity contribution in [1.82, 2.24) is 0 Å². The Hall–Kier alpha value is -1.05. The lowest BCUT2D eigenvalue weighted by Gasteiger charge is -2.16. The summed E-state index contributed by atoms with van der Waals surface area (Å²) >= 11 is 0. The standard InChI is InChI=1S/C14H20FN/c1-3-11-5-7-13(8-11)16-14-9-12(15)6-4-10(14)2/h4,6,9,11,13,16H,3,5,7-8H2,1-2H3. The first-order valence-corrected chi connectivity index (χ1v) is 6.21. The Kier molecular flexibility index (Phi) is 3.47. The first-order chi connectivity index (χ1) is 7.69. The van der Waals surface area contributed by atoms with Gasteiger partial charge in [0.2, 0.25) is 0 Å². The van der Waals surface area contributed by atoms with Crippen molar-refractivity contribution >= 4 is 5.69 Å². The van der Waals surface area contributed by atoms with Gasteiger partial charge in [-0.1, -0.05) is 19.4 Å². The monoisotopic (exact) mass is 221 g/mol. The summed E-state index contributed by atoms with van der Waals surface area (Å²) in [6.07, 6.45) is 5.02. The van der Waals surface area contributed by atoms with Crippen LogP contribution in [0.2, 0.25) is 0 Å². The van der Waals surface area contributed by atoms with Gasteiger partial charge >= 0.3 is 0 Å². The third kappa shape index (κ3) is 2.55. The van der Waals surface area contributed by atoms with E-state index in [4.69, 9.17) is 0 Å². The van der Waals surface area contributed by atoms with Crippen LogP contribution >= 0.6 is 0 Å². The summed E-state index contributed by atoms with van der Waals surface area (Å²) in [5.41, 5.74) is 2.09. The van der Waals surface area contributed by atoms with E-state index in [1.807, 2.05) is 13.0 Å². The Morgan fingerprint density at radius 3 is 2.88 bits per heavy atom. The SMILES string of the molecule is CCC1CCC(Nc2cc(F)ccc2C)C1. The van der Waals surface area contributed by atoms with Crippen LogP contribution in [0.5, 0.6) is 0 Å². The van der Waals surface area contributed by atoms with Crippen LogP contribution in [0, 0.1) is 18.7 Å². The Morgan fingerprint density at radius 1 is 1.38 bits per heavy atom. The van der Waals surface area contributed by atoms with Crippen LogP contribution in [0.15, 0.2) is 18.2 Å². The Morgan fingerprint density at radius 2 is 2.19 bits per heavy atom. The average molecular weight is 221 g/mol. The maximum Gasteiger partial charge on any atom is 0.125 e. The molecule has 16 heavy (non-hydrogen) atoms. The molecule has 0 aromatic heterocycles. The first-order valence-electron chi connectivity index (χ1n) is 6.21.